The Balaban J connectivity index is 1.54. The van der Waals surface area contributed by atoms with Gasteiger partial charge in [-0.1, -0.05) is 44.5 Å². The smallest absolute Gasteiger partial charge is 0.416 e. The molecule has 0 aromatic heterocycles. The topological polar surface area (TPSA) is 58.6 Å². The van der Waals surface area contributed by atoms with Crippen molar-refractivity contribution < 1.29 is 27.8 Å². The number of halogens is 3. The number of carbonyl (C=O) groups is 1. The summed E-state index contributed by atoms with van der Waals surface area (Å²) in [4.78, 5) is 11.2. The number of aliphatic carboxylic acids is 1. The molecular weight excluding hydrogens is 419 g/mol. The first-order chi connectivity index (χ1) is 15.1. The number of benzene rings is 2. The zero-order valence-electron chi connectivity index (χ0n) is 18.4. The summed E-state index contributed by atoms with van der Waals surface area (Å²) in [6, 6.07) is 12.0. The number of rotatable bonds is 8. The molecule has 0 heterocycles. The summed E-state index contributed by atoms with van der Waals surface area (Å²) in [5.74, 6) is -0.631. The number of carboxylic acids is 1. The fourth-order valence-corrected chi connectivity index (χ4v) is 4.17. The molecule has 2 unspecified atom stereocenters. The second kappa shape index (κ2) is 10.4. The van der Waals surface area contributed by atoms with Gasteiger partial charge in [0.2, 0.25) is 0 Å². The highest BCUT2D eigenvalue weighted by atomic mass is 19.4. The largest absolute Gasteiger partial charge is 0.489 e. The molecule has 0 amide bonds. The second-order valence-electron chi connectivity index (χ2n) is 8.79. The Morgan fingerprint density at radius 3 is 2.44 bits per heavy atom. The maximum atomic E-state index is 13.4. The van der Waals surface area contributed by atoms with Crippen molar-refractivity contribution in [3.8, 4) is 5.75 Å². The first-order valence-electron chi connectivity index (χ1n) is 11.0. The standard InChI is InChI=1S/C25H30F3NO3/c1-16(2)22-11-8-18(12-23(22)25(26,27)28)15-32-21-9-6-17(7-10-21)14-29-20-5-3-4-19(13-20)24(30)31/h6-12,16,19-20,29H,3-5,13-15H2,1-2H3,(H,30,31). The van der Waals surface area contributed by atoms with Crippen LogP contribution >= 0.6 is 0 Å². The van der Waals surface area contributed by atoms with Gasteiger partial charge in [0, 0.05) is 12.6 Å². The summed E-state index contributed by atoms with van der Waals surface area (Å²) in [6.07, 6.45) is -1.13. The van der Waals surface area contributed by atoms with Crippen LogP contribution in [0.5, 0.6) is 5.75 Å². The van der Waals surface area contributed by atoms with Gasteiger partial charge in [0.1, 0.15) is 12.4 Å². The molecule has 174 valence electrons. The maximum absolute atomic E-state index is 13.4. The zero-order valence-corrected chi connectivity index (χ0v) is 18.4. The van der Waals surface area contributed by atoms with Crippen molar-refractivity contribution >= 4 is 5.97 Å². The summed E-state index contributed by atoms with van der Waals surface area (Å²) in [7, 11) is 0. The van der Waals surface area contributed by atoms with Crippen LogP contribution in [-0.4, -0.2) is 17.1 Å². The maximum Gasteiger partial charge on any atom is 0.416 e. The van der Waals surface area contributed by atoms with E-state index >= 15 is 0 Å². The molecule has 0 radical (unpaired) electrons. The lowest BCUT2D eigenvalue weighted by molar-refractivity contribution is -0.143. The second-order valence-corrected chi connectivity index (χ2v) is 8.79. The summed E-state index contributed by atoms with van der Waals surface area (Å²) in [6.45, 7) is 4.17. The van der Waals surface area contributed by atoms with Crippen LogP contribution in [0.25, 0.3) is 0 Å². The number of hydrogen-bond donors (Lipinski definition) is 2. The Morgan fingerprint density at radius 2 is 1.81 bits per heavy atom. The molecule has 3 rings (SSSR count). The van der Waals surface area contributed by atoms with Crippen molar-refractivity contribution in [3.05, 3.63) is 64.7 Å². The molecule has 0 saturated heterocycles. The van der Waals surface area contributed by atoms with Gasteiger partial charge in [-0.25, -0.2) is 0 Å². The lowest BCUT2D eigenvalue weighted by atomic mass is 9.86. The molecule has 2 aromatic carbocycles. The first-order valence-corrected chi connectivity index (χ1v) is 11.0. The molecule has 0 spiro atoms. The fraction of sp³-hybridized carbons (Fsp3) is 0.480. The van der Waals surface area contributed by atoms with Gasteiger partial charge < -0.3 is 15.2 Å². The van der Waals surface area contributed by atoms with E-state index in [0.717, 1.165) is 24.8 Å². The predicted octanol–water partition coefficient (Wildman–Crippen LogP) is 6.14. The highest BCUT2D eigenvalue weighted by molar-refractivity contribution is 5.70. The SMILES string of the molecule is CC(C)c1ccc(COc2ccc(CNC3CCCC(C(=O)O)C3)cc2)cc1C(F)(F)F. The van der Waals surface area contributed by atoms with Crippen molar-refractivity contribution in [3.63, 3.8) is 0 Å². The highest BCUT2D eigenvalue weighted by Gasteiger charge is 2.34. The Kier molecular flexibility index (Phi) is 7.82. The van der Waals surface area contributed by atoms with E-state index in [1.807, 2.05) is 12.1 Å². The van der Waals surface area contributed by atoms with Gasteiger partial charge in [-0.2, -0.15) is 13.2 Å². The minimum Gasteiger partial charge on any atom is -0.489 e. The third-order valence-electron chi connectivity index (χ3n) is 5.99. The van der Waals surface area contributed by atoms with E-state index in [4.69, 9.17) is 4.74 Å². The number of nitrogens with one attached hydrogen (secondary N) is 1. The molecule has 2 aromatic rings. The Labute approximate surface area is 186 Å². The Hall–Kier alpha value is -2.54. The van der Waals surface area contributed by atoms with Crippen molar-refractivity contribution in [2.45, 2.75) is 70.8 Å². The van der Waals surface area contributed by atoms with Crippen molar-refractivity contribution in [1.82, 2.24) is 5.32 Å². The molecule has 1 saturated carbocycles. The van der Waals surface area contributed by atoms with E-state index in [2.05, 4.69) is 5.32 Å². The normalized spacial score (nSPS) is 19.2. The van der Waals surface area contributed by atoms with Crippen LogP contribution in [0.3, 0.4) is 0 Å². The summed E-state index contributed by atoms with van der Waals surface area (Å²) in [5.41, 5.74) is 1.18. The van der Waals surface area contributed by atoms with Crippen molar-refractivity contribution in [2.75, 3.05) is 0 Å². The molecule has 1 fully saturated rings. The van der Waals surface area contributed by atoms with E-state index < -0.39 is 17.7 Å². The number of hydrogen-bond acceptors (Lipinski definition) is 3. The van der Waals surface area contributed by atoms with Crippen LogP contribution < -0.4 is 10.1 Å². The molecule has 32 heavy (non-hydrogen) atoms. The Bertz CT molecular complexity index is 910. The molecule has 0 aliphatic heterocycles. The van der Waals surface area contributed by atoms with Crippen LogP contribution in [0, 0.1) is 5.92 Å². The minimum atomic E-state index is -4.40. The van der Waals surface area contributed by atoms with Crippen LogP contribution in [0.4, 0.5) is 13.2 Å². The van der Waals surface area contributed by atoms with E-state index in [0.29, 0.717) is 24.3 Å². The number of ether oxygens (including phenoxy) is 1. The van der Waals surface area contributed by atoms with Gasteiger partial charge in [0.15, 0.2) is 0 Å². The summed E-state index contributed by atoms with van der Waals surface area (Å²) < 4.78 is 45.9. The van der Waals surface area contributed by atoms with E-state index in [9.17, 15) is 23.1 Å². The monoisotopic (exact) mass is 449 g/mol. The third kappa shape index (κ3) is 6.48. The fourth-order valence-electron chi connectivity index (χ4n) is 4.17. The van der Waals surface area contributed by atoms with Crippen molar-refractivity contribution in [2.24, 2.45) is 5.92 Å². The van der Waals surface area contributed by atoms with Crippen LogP contribution in [0.2, 0.25) is 0 Å². The zero-order chi connectivity index (χ0) is 23.3. The van der Waals surface area contributed by atoms with Crippen LogP contribution in [0.1, 0.15) is 67.7 Å². The highest BCUT2D eigenvalue weighted by Crippen LogP contribution is 2.36. The Morgan fingerprint density at radius 1 is 1.12 bits per heavy atom. The first kappa shape index (κ1) is 24.1. The molecule has 1 aliphatic carbocycles. The molecule has 0 bridgehead atoms. The number of alkyl halides is 3. The quantitative estimate of drug-likeness (QED) is 0.508. The van der Waals surface area contributed by atoms with Gasteiger partial charge in [0.25, 0.3) is 0 Å². The van der Waals surface area contributed by atoms with Gasteiger partial charge in [-0.3, -0.25) is 4.79 Å². The van der Waals surface area contributed by atoms with E-state index in [1.54, 1.807) is 32.0 Å². The summed E-state index contributed by atoms with van der Waals surface area (Å²) >= 11 is 0. The third-order valence-corrected chi connectivity index (χ3v) is 5.99. The van der Waals surface area contributed by atoms with Crippen LogP contribution in [0.15, 0.2) is 42.5 Å². The molecule has 2 N–H and O–H groups in total. The minimum absolute atomic E-state index is 0.0533. The molecule has 4 nitrogen and oxygen atoms in total. The van der Waals surface area contributed by atoms with E-state index in [-0.39, 0.29) is 30.0 Å². The molecule has 7 heteroatoms. The van der Waals surface area contributed by atoms with E-state index in [1.165, 1.54) is 12.1 Å². The molecule has 2 atom stereocenters. The van der Waals surface area contributed by atoms with Crippen LogP contribution in [-0.2, 0) is 24.1 Å². The average molecular weight is 450 g/mol. The van der Waals surface area contributed by atoms with Gasteiger partial charge in [-0.05, 0) is 60.1 Å². The lowest BCUT2D eigenvalue weighted by Crippen LogP contribution is -2.36. The molecule has 1 aliphatic rings. The van der Waals surface area contributed by atoms with Gasteiger partial charge in [0.05, 0.1) is 11.5 Å². The van der Waals surface area contributed by atoms with Gasteiger partial charge in [-0.15, -0.1) is 0 Å². The average Bonchev–Trinajstić information content (AvgIpc) is 2.76. The summed E-state index contributed by atoms with van der Waals surface area (Å²) in [5, 5.41) is 12.6. The molecular formula is C25H30F3NO3. The van der Waals surface area contributed by atoms with Crippen molar-refractivity contribution in [1.29, 1.82) is 0 Å². The predicted molar refractivity (Wildman–Crippen MR) is 117 cm³/mol. The van der Waals surface area contributed by atoms with Gasteiger partial charge >= 0.3 is 12.1 Å². The number of carboxylic acid groups (broad SMARTS) is 1. The lowest BCUT2D eigenvalue weighted by Gasteiger charge is -2.27.